The van der Waals surface area contributed by atoms with Crippen molar-refractivity contribution in [3.63, 3.8) is 0 Å². The number of fused-ring (bicyclic) bond motifs is 2. The van der Waals surface area contributed by atoms with Gasteiger partial charge in [0.2, 0.25) is 0 Å². The van der Waals surface area contributed by atoms with Gasteiger partial charge in [-0.15, -0.1) is 0 Å². The third kappa shape index (κ3) is 4.38. The average molecular weight is 469 g/mol. The molecule has 35 heavy (non-hydrogen) atoms. The zero-order chi connectivity index (χ0) is 24.4. The molecule has 8 nitrogen and oxygen atoms in total. The molecule has 1 aromatic heterocycles. The smallest absolute Gasteiger partial charge is 0.412 e. The molecule has 2 N–H and O–H groups in total. The number of para-hydroxylation sites is 1. The summed E-state index contributed by atoms with van der Waals surface area (Å²) in [7, 11) is 1.65. The van der Waals surface area contributed by atoms with Gasteiger partial charge in [0.1, 0.15) is 11.6 Å². The van der Waals surface area contributed by atoms with Crippen molar-refractivity contribution in [3.8, 4) is 16.9 Å². The summed E-state index contributed by atoms with van der Waals surface area (Å²) in [5.74, 6) is 1.30. The Morgan fingerprint density at radius 3 is 2.71 bits per heavy atom. The first kappa shape index (κ1) is 22.3. The Labute approximate surface area is 201 Å². The van der Waals surface area contributed by atoms with Gasteiger partial charge in [-0.1, -0.05) is 48.5 Å². The van der Waals surface area contributed by atoms with Crippen LogP contribution in [0.15, 0.2) is 70.5 Å². The molecule has 1 aliphatic heterocycles. The fourth-order valence-corrected chi connectivity index (χ4v) is 4.39. The number of H-pyrrole nitrogens is 1. The highest BCUT2D eigenvalue weighted by atomic mass is 16.5. The number of hydrogen-bond acceptors (Lipinski definition) is 6. The molecule has 3 aromatic carbocycles. The molecule has 0 aliphatic carbocycles. The lowest BCUT2D eigenvalue weighted by Gasteiger charge is -2.15. The lowest BCUT2D eigenvalue weighted by atomic mass is 9.96. The Balaban J connectivity index is 1.49. The largest absolute Gasteiger partial charge is 0.496 e. The third-order valence-corrected chi connectivity index (χ3v) is 5.96. The first-order valence-electron chi connectivity index (χ1n) is 11.3. The molecule has 2 heterocycles. The number of nitrogens with zero attached hydrogens (tertiary/aromatic N) is 2. The van der Waals surface area contributed by atoms with Crippen molar-refractivity contribution in [2.75, 3.05) is 13.7 Å². The minimum absolute atomic E-state index is 0.208. The highest BCUT2D eigenvalue weighted by molar-refractivity contribution is 6.01. The molecule has 4 aromatic rings. The SMILES string of the molecule is CCOC(=O)NC1=Nc2cc(-c3cccc(Cc4n[nH]c(=O)c5ccccc45)c3OC)ccc2C1. The summed E-state index contributed by atoms with van der Waals surface area (Å²) < 4.78 is 10.8. The number of methoxy groups -OCH3 is 1. The topological polar surface area (TPSA) is 106 Å². The van der Waals surface area contributed by atoms with E-state index in [1.165, 1.54) is 0 Å². The third-order valence-electron chi connectivity index (χ3n) is 5.96. The molecule has 0 fully saturated rings. The van der Waals surface area contributed by atoms with Gasteiger partial charge in [0, 0.05) is 29.4 Å². The molecule has 1 aliphatic rings. The second-order valence-electron chi connectivity index (χ2n) is 8.14. The number of hydrogen-bond donors (Lipinski definition) is 2. The molecule has 0 unspecified atom stereocenters. The maximum absolute atomic E-state index is 12.2. The number of carbonyl (C=O) groups is 1. The summed E-state index contributed by atoms with van der Waals surface area (Å²) in [5.41, 5.74) is 5.20. The molecule has 176 valence electrons. The van der Waals surface area contributed by atoms with Crippen molar-refractivity contribution in [2.45, 2.75) is 19.8 Å². The van der Waals surface area contributed by atoms with Gasteiger partial charge < -0.3 is 9.47 Å². The van der Waals surface area contributed by atoms with Crippen LogP contribution in [0, 0.1) is 0 Å². The maximum atomic E-state index is 12.2. The number of aromatic amines is 1. The van der Waals surface area contributed by atoms with Crippen molar-refractivity contribution in [1.82, 2.24) is 15.5 Å². The number of benzene rings is 3. The van der Waals surface area contributed by atoms with Crippen molar-refractivity contribution < 1.29 is 14.3 Å². The van der Waals surface area contributed by atoms with Gasteiger partial charge >= 0.3 is 6.09 Å². The molecule has 0 radical (unpaired) electrons. The molecule has 1 amide bonds. The van der Waals surface area contributed by atoms with Gasteiger partial charge in [0.05, 0.1) is 30.5 Å². The Morgan fingerprint density at radius 1 is 1.09 bits per heavy atom. The number of aromatic nitrogens is 2. The summed E-state index contributed by atoms with van der Waals surface area (Å²) in [5, 5.41) is 11.0. The fourth-order valence-electron chi connectivity index (χ4n) is 4.39. The molecule has 0 saturated carbocycles. The number of ether oxygens (including phenoxy) is 2. The van der Waals surface area contributed by atoms with Crippen LogP contribution in [0.2, 0.25) is 0 Å². The van der Waals surface area contributed by atoms with Crippen LogP contribution in [0.4, 0.5) is 10.5 Å². The van der Waals surface area contributed by atoms with Crippen LogP contribution in [-0.4, -0.2) is 35.8 Å². The summed E-state index contributed by atoms with van der Waals surface area (Å²) in [4.78, 5) is 28.5. The van der Waals surface area contributed by atoms with Gasteiger partial charge in [0.25, 0.3) is 5.56 Å². The number of rotatable bonds is 5. The Kier molecular flexibility index (Phi) is 6.01. The van der Waals surface area contributed by atoms with E-state index in [0.717, 1.165) is 44.8 Å². The Morgan fingerprint density at radius 2 is 1.91 bits per heavy atom. The van der Waals surface area contributed by atoms with Crippen molar-refractivity contribution in [1.29, 1.82) is 0 Å². The van der Waals surface area contributed by atoms with Crippen LogP contribution in [0.1, 0.15) is 23.7 Å². The van der Waals surface area contributed by atoms with Gasteiger partial charge in [0.15, 0.2) is 0 Å². The first-order valence-corrected chi connectivity index (χ1v) is 11.3. The monoisotopic (exact) mass is 468 g/mol. The first-order chi connectivity index (χ1) is 17.1. The van der Waals surface area contributed by atoms with Gasteiger partial charge in [-0.3, -0.25) is 10.1 Å². The van der Waals surface area contributed by atoms with E-state index in [2.05, 4.69) is 20.5 Å². The summed E-state index contributed by atoms with van der Waals surface area (Å²) in [6, 6.07) is 19.4. The predicted octanol–water partition coefficient (Wildman–Crippen LogP) is 4.52. The second-order valence-corrected chi connectivity index (χ2v) is 8.14. The zero-order valence-electron chi connectivity index (χ0n) is 19.4. The number of amides is 1. The van der Waals surface area contributed by atoms with Gasteiger partial charge in [-0.2, -0.15) is 5.10 Å². The number of nitrogens with one attached hydrogen (secondary N) is 2. The van der Waals surface area contributed by atoms with E-state index in [9.17, 15) is 9.59 Å². The number of carbonyl (C=O) groups excluding carboxylic acids is 1. The predicted molar refractivity (Wildman–Crippen MR) is 135 cm³/mol. The molecule has 0 bridgehead atoms. The minimum Gasteiger partial charge on any atom is -0.496 e. The van der Waals surface area contributed by atoms with E-state index in [-0.39, 0.29) is 5.56 Å². The van der Waals surface area contributed by atoms with E-state index in [1.54, 1.807) is 20.1 Å². The van der Waals surface area contributed by atoms with Crippen LogP contribution in [0.25, 0.3) is 21.9 Å². The molecular weight excluding hydrogens is 444 g/mol. The van der Waals surface area contributed by atoms with Crippen LogP contribution < -0.4 is 15.6 Å². The van der Waals surface area contributed by atoms with Crippen molar-refractivity contribution in [2.24, 2.45) is 4.99 Å². The van der Waals surface area contributed by atoms with Crippen molar-refractivity contribution in [3.05, 3.63) is 87.8 Å². The molecule has 0 spiro atoms. The Hall–Kier alpha value is -4.46. The summed E-state index contributed by atoms with van der Waals surface area (Å²) in [6.07, 6.45) is 0.527. The standard InChI is InChI=1S/C27H24N4O4/c1-3-35-27(33)29-24-15-17-12-11-16(13-22(17)28-24)19-10-6-7-18(25(19)34-2)14-23-20-8-4-5-9-21(20)26(32)31-30-23/h4-13H,3,14-15H2,1-2H3,(H,31,32)(H,28,29,33). The van der Waals surface area contributed by atoms with Crippen LogP contribution in [0.5, 0.6) is 5.75 Å². The molecule has 0 atom stereocenters. The minimum atomic E-state index is -0.503. The molecule has 0 saturated heterocycles. The summed E-state index contributed by atoms with van der Waals surface area (Å²) in [6.45, 7) is 2.06. The maximum Gasteiger partial charge on any atom is 0.412 e. The van der Waals surface area contributed by atoms with E-state index in [1.807, 2.05) is 54.6 Å². The lowest BCUT2D eigenvalue weighted by molar-refractivity contribution is 0.157. The highest BCUT2D eigenvalue weighted by Crippen LogP contribution is 2.38. The van der Waals surface area contributed by atoms with Crippen LogP contribution in [-0.2, 0) is 17.6 Å². The van der Waals surface area contributed by atoms with E-state index >= 15 is 0 Å². The quantitative estimate of drug-likeness (QED) is 0.448. The normalized spacial score (nSPS) is 12.2. The second kappa shape index (κ2) is 9.42. The van der Waals surface area contributed by atoms with Crippen LogP contribution in [0.3, 0.4) is 0 Å². The molecule has 5 rings (SSSR count). The van der Waals surface area contributed by atoms with Crippen molar-refractivity contribution >= 4 is 28.4 Å². The van der Waals surface area contributed by atoms with Crippen LogP contribution >= 0.6 is 0 Å². The average Bonchev–Trinajstić information content (AvgIpc) is 3.27. The molecular formula is C27H24N4O4. The van der Waals surface area contributed by atoms with Gasteiger partial charge in [-0.25, -0.2) is 14.9 Å². The lowest BCUT2D eigenvalue weighted by Crippen LogP contribution is -2.30. The van der Waals surface area contributed by atoms with E-state index in [4.69, 9.17) is 9.47 Å². The number of aliphatic imine (C=N–C) groups is 1. The van der Waals surface area contributed by atoms with E-state index < -0.39 is 6.09 Å². The highest BCUT2D eigenvalue weighted by Gasteiger charge is 2.20. The molecule has 8 heteroatoms. The zero-order valence-corrected chi connectivity index (χ0v) is 19.4. The fraction of sp³-hybridized carbons (Fsp3) is 0.185. The number of alkyl carbamates (subject to hydrolysis) is 1. The van der Waals surface area contributed by atoms with Gasteiger partial charge in [-0.05, 0) is 30.2 Å². The van der Waals surface area contributed by atoms with E-state index in [0.29, 0.717) is 30.7 Å². The Bertz CT molecular complexity index is 1520. The summed E-state index contributed by atoms with van der Waals surface area (Å²) >= 11 is 0. The number of amidine groups is 1.